The van der Waals surface area contributed by atoms with Gasteiger partial charge in [0.05, 0.1) is 5.69 Å². The number of amides is 1. The van der Waals surface area contributed by atoms with Gasteiger partial charge in [0.2, 0.25) is 5.91 Å². The Balaban J connectivity index is 1.93. The molecular weight excluding hydrogens is 240 g/mol. The summed E-state index contributed by atoms with van der Waals surface area (Å²) in [5.74, 6) is 1.13. The van der Waals surface area contributed by atoms with Gasteiger partial charge in [0.15, 0.2) is 0 Å². The third kappa shape index (κ3) is 3.17. The van der Waals surface area contributed by atoms with Crippen LogP contribution in [-0.2, 0) is 11.2 Å². The second-order valence-electron chi connectivity index (χ2n) is 5.45. The second-order valence-corrected chi connectivity index (χ2v) is 5.45. The molecule has 1 aliphatic heterocycles. The average Bonchev–Trinajstić information content (AvgIpc) is 2.75. The highest BCUT2D eigenvalue weighted by Gasteiger charge is 2.25. The molecule has 0 N–H and O–H groups in total. The van der Waals surface area contributed by atoms with Crippen molar-refractivity contribution in [2.45, 2.75) is 65.3 Å². The van der Waals surface area contributed by atoms with Gasteiger partial charge < -0.3 is 9.42 Å². The Morgan fingerprint density at radius 1 is 1.42 bits per heavy atom. The van der Waals surface area contributed by atoms with Crippen LogP contribution in [0.1, 0.15) is 56.0 Å². The molecule has 4 nitrogen and oxygen atoms in total. The summed E-state index contributed by atoms with van der Waals surface area (Å²) in [5, 5.41) is 3.94. The Kier molecular flexibility index (Phi) is 4.61. The highest BCUT2D eigenvalue weighted by Crippen LogP contribution is 2.21. The van der Waals surface area contributed by atoms with Gasteiger partial charge in [0.25, 0.3) is 0 Å². The number of aromatic nitrogens is 1. The minimum Gasteiger partial charge on any atom is -0.361 e. The van der Waals surface area contributed by atoms with Crippen molar-refractivity contribution in [3.05, 3.63) is 17.0 Å². The van der Waals surface area contributed by atoms with E-state index < -0.39 is 0 Å². The van der Waals surface area contributed by atoms with Crippen LogP contribution in [0.5, 0.6) is 0 Å². The maximum absolute atomic E-state index is 12.4. The van der Waals surface area contributed by atoms with Crippen LogP contribution in [0.4, 0.5) is 0 Å². The molecule has 1 aromatic rings. The van der Waals surface area contributed by atoms with Crippen molar-refractivity contribution in [1.29, 1.82) is 0 Å². The van der Waals surface area contributed by atoms with E-state index in [2.05, 4.69) is 17.0 Å². The maximum Gasteiger partial charge on any atom is 0.223 e. The van der Waals surface area contributed by atoms with Crippen LogP contribution in [0.15, 0.2) is 4.52 Å². The molecule has 1 aliphatic rings. The number of piperidine rings is 1. The van der Waals surface area contributed by atoms with Crippen LogP contribution < -0.4 is 0 Å². The smallest absolute Gasteiger partial charge is 0.223 e. The second kappa shape index (κ2) is 6.22. The number of rotatable bonds is 4. The van der Waals surface area contributed by atoms with Crippen LogP contribution in [0.2, 0.25) is 0 Å². The molecule has 4 heteroatoms. The standard InChI is InChI=1S/C15H24N2O2/c1-4-13-7-5-6-10-17(13)15(18)9-8-14-11(2)16-19-12(14)3/h13H,4-10H2,1-3H3. The SMILES string of the molecule is CCC1CCCCN1C(=O)CCc1c(C)noc1C. The van der Waals surface area contributed by atoms with Gasteiger partial charge in [-0.2, -0.15) is 0 Å². The van der Waals surface area contributed by atoms with E-state index in [4.69, 9.17) is 4.52 Å². The van der Waals surface area contributed by atoms with Gasteiger partial charge >= 0.3 is 0 Å². The van der Waals surface area contributed by atoms with Gasteiger partial charge in [-0.1, -0.05) is 12.1 Å². The summed E-state index contributed by atoms with van der Waals surface area (Å²) in [4.78, 5) is 14.4. The number of hydrogen-bond donors (Lipinski definition) is 0. The monoisotopic (exact) mass is 264 g/mol. The highest BCUT2D eigenvalue weighted by molar-refractivity contribution is 5.77. The molecule has 2 rings (SSSR count). The van der Waals surface area contributed by atoms with Crippen molar-refractivity contribution in [2.75, 3.05) is 6.54 Å². The van der Waals surface area contributed by atoms with E-state index >= 15 is 0 Å². The number of carbonyl (C=O) groups is 1. The number of carbonyl (C=O) groups excluding carboxylic acids is 1. The summed E-state index contributed by atoms with van der Waals surface area (Å²) in [6.45, 7) is 6.95. The zero-order valence-corrected chi connectivity index (χ0v) is 12.2. The van der Waals surface area contributed by atoms with Gasteiger partial charge in [-0.15, -0.1) is 0 Å². The van der Waals surface area contributed by atoms with Crippen molar-refractivity contribution >= 4 is 5.91 Å². The minimum absolute atomic E-state index is 0.284. The van der Waals surface area contributed by atoms with E-state index in [9.17, 15) is 4.79 Å². The molecule has 2 heterocycles. The summed E-state index contributed by atoms with van der Waals surface area (Å²) >= 11 is 0. The lowest BCUT2D eigenvalue weighted by molar-refractivity contribution is -0.134. The highest BCUT2D eigenvalue weighted by atomic mass is 16.5. The average molecular weight is 264 g/mol. The molecule has 1 fully saturated rings. The van der Waals surface area contributed by atoms with Gasteiger partial charge in [0.1, 0.15) is 5.76 Å². The fraction of sp³-hybridized carbons (Fsp3) is 0.733. The molecule has 0 bridgehead atoms. The van der Waals surface area contributed by atoms with Crippen LogP contribution in [0, 0.1) is 13.8 Å². The number of hydrogen-bond acceptors (Lipinski definition) is 3. The summed E-state index contributed by atoms with van der Waals surface area (Å²) in [6.07, 6.45) is 5.94. The molecule has 19 heavy (non-hydrogen) atoms. The van der Waals surface area contributed by atoms with Gasteiger partial charge in [0, 0.05) is 24.6 Å². The van der Waals surface area contributed by atoms with Crippen molar-refractivity contribution in [3.8, 4) is 0 Å². The lowest BCUT2D eigenvalue weighted by Crippen LogP contribution is -2.43. The van der Waals surface area contributed by atoms with E-state index in [1.54, 1.807) is 0 Å². The fourth-order valence-electron chi connectivity index (χ4n) is 2.99. The molecule has 0 aliphatic carbocycles. The van der Waals surface area contributed by atoms with E-state index in [-0.39, 0.29) is 5.91 Å². The zero-order chi connectivity index (χ0) is 13.8. The number of nitrogens with zero attached hydrogens (tertiary/aromatic N) is 2. The Hall–Kier alpha value is -1.32. The number of aryl methyl sites for hydroxylation is 2. The summed E-state index contributed by atoms with van der Waals surface area (Å²) < 4.78 is 5.14. The summed E-state index contributed by atoms with van der Waals surface area (Å²) in [6, 6.07) is 0.450. The molecule has 0 spiro atoms. The van der Waals surface area contributed by atoms with Crippen LogP contribution in [0.25, 0.3) is 0 Å². The first-order chi connectivity index (χ1) is 9.13. The molecule has 0 saturated carbocycles. The first-order valence-electron chi connectivity index (χ1n) is 7.34. The molecule has 1 aromatic heterocycles. The molecule has 1 atom stereocenters. The Morgan fingerprint density at radius 2 is 2.21 bits per heavy atom. The molecule has 1 amide bonds. The summed E-state index contributed by atoms with van der Waals surface area (Å²) in [5.41, 5.74) is 2.01. The fourth-order valence-corrected chi connectivity index (χ4v) is 2.99. The lowest BCUT2D eigenvalue weighted by Gasteiger charge is -2.35. The Morgan fingerprint density at radius 3 is 2.84 bits per heavy atom. The van der Waals surface area contributed by atoms with Crippen molar-refractivity contribution in [1.82, 2.24) is 10.1 Å². The van der Waals surface area contributed by atoms with Crippen molar-refractivity contribution in [3.63, 3.8) is 0 Å². The summed E-state index contributed by atoms with van der Waals surface area (Å²) in [7, 11) is 0. The topological polar surface area (TPSA) is 46.3 Å². The minimum atomic E-state index is 0.284. The van der Waals surface area contributed by atoms with E-state index in [1.807, 2.05) is 13.8 Å². The van der Waals surface area contributed by atoms with Crippen LogP contribution in [-0.4, -0.2) is 28.6 Å². The molecule has 106 valence electrons. The first kappa shape index (κ1) is 14.1. The van der Waals surface area contributed by atoms with E-state index in [0.29, 0.717) is 12.5 Å². The first-order valence-corrected chi connectivity index (χ1v) is 7.34. The van der Waals surface area contributed by atoms with Gasteiger partial charge in [-0.05, 0) is 46.0 Å². The van der Waals surface area contributed by atoms with Crippen molar-refractivity contribution in [2.24, 2.45) is 0 Å². The van der Waals surface area contributed by atoms with Crippen LogP contribution >= 0.6 is 0 Å². The molecule has 0 radical (unpaired) electrons. The number of likely N-dealkylation sites (tertiary alicyclic amines) is 1. The molecule has 0 aromatic carbocycles. The Labute approximate surface area is 115 Å². The lowest BCUT2D eigenvalue weighted by atomic mass is 9.99. The third-order valence-electron chi connectivity index (χ3n) is 4.19. The van der Waals surface area contributed by atoms with Crippen molar-refractivity contribution < 1.29 is 9.32 Å². The van der Waals surface area contributed by atoms with E-state index in [1.165, 1.54) is 6.42 Å². The normalized spacial score (nSPS) is 19.7. The quantitative estimate of drug-likeness (QED) is 0.839. The molecule has 1 saturated heterocycles. The predicted molar refractivity (Wildman–Crippen MR) is 73.9 cm³/mol. The van der Waals surface area contributed by atoms with E-state index in [0.717, 1.165) is 49.2 Å². The van der Waals surface area contributed by atoms with Crippen LogP contribution in [0.3, 0.4) is 0 Å². The molecule has 1 unspecified atom stereocenters. The zero-order valence-electron chi connectivity index (χ0n) is 12.2. The van der Waals surface area contributed by atoms with Gasteiger partial charge in [-0.3, -0.25) is 4.79 Å². The molecular formula is C15H24N2O2. The Bertz CT molecular complexity index is 420. The predicted octanol–water partition coefficient (Wildman–Crippen LogP) is 3.02. The largest absolute Gasteiger partial charge is 0.361 e. The van der Waals surface area contributed by atoms with Gasteiger partial charge in [-0.25, -0.2) is 0 Å². The third-order valence-corrected chi connectivity index (χ3v) is 4.19. The maximum atomic E-state index is 12.4.